The molecule has 0 fully saturated rings. The minimum Gasteiger partial charge on any atom is -0.352 e. The van der Waals surface area contributed by atoms with E-state index in [4.69, 9.17) is 0 Å². The number of ketones is 1. The maximum Gasteiger partial charge on any atom is 0.312 e. The van der Waals surface area contributed by atoms with E-state index in [-0.39, 0.29) is 41.8 Å². The van der Waals surface area contributed by atoms with Gasteiger partial charge in [0.05, 0.1) is 0 Å². The van der Waals surface area contributed by atoms with Crippen LogP contribution in [0.25, 0.3) is 5.57 Å². The van der Waals surface area contributed by atoms with Gasteiger partial charge in [0.2, 0.25) is 11.9 Å². The zero-order valence-electron chi connectivity index (χ0n) is 14.0. The lowest BCUT2D eigenvalue weighted by molar-refractivity contribution is -0.141. The fraction of sp³-hybridized carbons (Fsp3) is 0.600. The van der Waals surface area contributed by atoms with Crippen LogP contribution in [0.2, 0.25) is 0 Å². The number of aromatic nitrogens is 3. The van der Waals surface area contributed by atoms with Crippen LogP contribution in [0.4, 0.5) is 25.1 Å². The zero-order valence-corrected chi connectivity index (χ0v) is 14.0. The highest BCUT2D eigenvalue weighted by Crippen LogP contribution is 2.38. The van der Waals surface area contributed by atoms with E-state index in [0.29, 0.717) is 0 Å². The van der Waals surface area contributed by atoms with Gasteiger partial charge in [-0.2, -0.15) is 23.7 Å². The summed E-state index contributed by atoms with van der Waals surface area (Å²) < 4.78 is 40.8. The van der Waals surface area contributed by atoms with Gasteiger partial charge in [0.25, 0.3) is 5.78 Å². The second-order valence-corrected chi connectivity index (χ2v) is 6.23. The standard InChI is InChI=1S/C15H20F3N5O/c1-7(2)19-13-21-12(22-14(23-13)20-8(3)4)9-5-6-15(17,18)11(24)10(9)16/h7-8H,5-6H2,1-4H3,(H2,19,20,21,22,23). The lowest BCUT2D eigenvalue weighted by Gasteiger charge is -2.21. The van der Waals surface area contributed by atoms with Crippen molar-refractivity contribution < 1.29 is 18.0 Å². The van der Waals surface area contributed by atoms with Crippen LogP contribution in [0.5, 0.6) is 0 Å². The Morgan fingerprint density at radius 1 is 1.00 bits per heavy atom. The van der Waals surface area contributed by atoms with Crippen molar-refractivity contribution in [1.29, 1.82) is 0 Å². The van der Waals surface area contributed by atoms with Crippen molar-refractivity contribution in [3.63, 3.8) is 0 Å². The van der Waals surface area contributed by atoms with Gasteiger partial charge in [0.1, 0.15) is 0 Å². The first kappa shape index (κ1) is 18.2. The summed E-state index contributed by atoms with van der Waals surface area (Å²) in [6.45, 7) is 7.46. The molecule has 0 aliphatic heterocycles. The number of carbonyl (C=O) groups is 1. The van der Waals surface area contributed by atoms with Gasteiger partial charge >= 0.3 is 5.92 Å². The van der Waals surface area contributed by atoms with Crippen molar-refractivity contribution in [3.8, 4) is 0 Å². The quantitative estimate of drug-likeness (QED) is 0.855. The van der Waals surface area contributed by atoms with E-state index in [2.05, 4.69) is 25.6 Å². The van der Waals surface area contributed by atoms with Crippen molar-refractivity contribution >= 4 is 23.3 Å². The predicted octanol–water partition coefficient (Wildman–Crippen LogP) is 3.19. The molecule has 0 saturated heterocycles. The van der Waals surface area contributed by atoms with Gasteiger partial charge in [0.15, 0.2) is 11.7 Å². The Morgan fingerprint density at radius 2 is 1.50 bits per heavy atom. The lowest BCUT2D eigenvalue weighted by atomic mass is 9.93. The van der Waals surface area contributed by atoms with Crippen molar-refractivity contribution in [2.75, 3.05) is 10.6 Å². The first-order valence-electron chi connectivity index (χ1n) is 7.71. The molecular weight excluding hydrogens is 323 g/mol. The van der Waals surface area contributed by atoms with Crippen LogP contribution in [0, 0.1) is 0 Å². The smallest absolute Gasteiger partial charge is 0.312 e. The molecule has 0 saturated carbocycles. The van der Waals surface area contributed by atoms with Gasteiger partial charge < -0.3 is 10.6 Å². The molecule has 6 nitrogen and oxygen atoms in total. The predicted molar refractivity (Wildman–Crippen MR) is 84.6 cm³/mol. The minimum absolute atomic E-state index is 0.00305. The van der Waals surface area contributed by atoms with Gasteiger partial charge in [-0.15, -0.1) is 0 Å². The van der Waals surface area contributed by atoms with E-state index in [1.807, 2.05) is 27.7 Å². The molecule has 0 atom stereocenters. The molecule has 0 radical (unpaired) electrons. The van der Waals surface area contributed by atoms with Crippen LogP contribution in [0.3, 0.4) is 0 Å². The highest BCUT2D eigenvalue weighted by Gasteiger charge is 2.46. The normalized spacial score (nSPS) is 17.6. The minimum atomic E-state index is -3.68. The highest BCUT2D eigenvalue weighted by molar-refractivity contribution is 6.05. The molecule has 0 bridgehead atoms. The van der Waals surface area contributed by atoms with Crippen LogP contribution in [0.15, 0.2) is 5.83 Å². The van der Waals surface area contributed by atoms with E-state index in [1.54, 1.807) is 0 Å². The molecule has 1 aromatic rings. The number of allylic oxidation sites excluding steroid dienone is 2. The number of halogens is 3. The summed E-state index contributed by atoms with van der Waals surface area (Å²) in [7, 11) is 0. The molecule has 2 N–H and O–H groups in total. The van der Waals surface area contributed by atoms with Crippen LogP contribution < -0.4 is 10.6 Å². The van der Waals surface area contributed by atoms with Crippen LogP contribution in [-0.2, 0) is 4.79 Å². The summed E-state index contributed by atoms with van der Waals surface area (Å²) in [4.78, 5) is 23.8. The molecule has 24 heavy (non-hydrogen) atoms. The molecule has 2 rings (SSSR count). The first-order valence-corrected chi connectivity index (χ1v) is 7.71. The number of anilines is 2. The maximum absolute atomic E-state index is 14.1. The third kappa shape index (κ3) is 4.01. The van der Waals surface area contributed by atoms with E-state index in [1.165, 1.54) is 0 Å². The number of hydrogen-bond acceptors (Lipinski definition) is 6. The average Bonchev–Trinajstić information content (AvgIpc) is 2.43. The number of alkyl halides is 2. The average molecular weight is 343 g/mol. The molecule has 0 unspecified atom stereocenters. The molecule has 0 aromatic carbocycles. The van der Waals surface area contributed by atoms with Gasteiger partial charge in [0, 0.05) is 24.1 Å². The molecule has 0 spiro atoms. The molecule has 1 aromatic heterocycles. The Morgan fingerprint density at radius 3 is 1.96 bits per heavy atom. The van der Waals surface area contributed by atoms with Crippen molar-refractivity contribution in [2.24, 2.45) is 0 Å². The number of nitrogens with zero attached hydrogens (tertiary/aromatic N) is 3. The molecule has 0 amide bonds. The Hall–Kier alpha value is -2.19. The maximum atomic E-state index is 14.1. The molecular formula is C15H20F3N5O. The molecule has 132 valence electrons. The summed E-state index contributed by atoms with van der Waals surface area (Å²) in [5, 5.41) is 5.92. The summed E-state index contributed by atoms with van der Waals surface area (Å²) in [6, 6.07) is 0.00611. The first-order chi connectivity index (χ1) is 11.1. The summed E-state index contributed by atoms with van der Waals surface area (Å²) in [5.74, 6) is -6.73. The van der Waals surface area contributed by atoms with Crippen LogP contribution in [0.1, 0.15) is 46.4 Å². The second-order valence-electron chi connectivity index (χ2n) is 6.23. The number of nitrogens with one attached hydrogen (secondary N) is 2. The Labute approximate surface area is 138 Å². The van der Waals surface area contributed by atoms with E-state index < -0.39 is 24.0 Å². The Kier molecular flexibility index (Phi) is 5.10. The molecule has 1 aliphatic rings. The lowest BCUT2D eigenvalue weighted by Crippen LogP contribution is -2.33. The van der Waals surface area contributed by atoms with E-state index in [9.17, 15) is 18.0 Å². The van der Waals surface area contributed by atoms with Gasteiger partial charge in [-0.1, -0.05) is 0 Å². The van der Waals surface area contributed by atoms with E-state index in [0.717, 1.165) is 0 Å². The number of rotatable bonds is 5. The number of carbonyl (C=O) groups excluding carboxylic acids is 1. The summed E-state index contributed by atoms with van der Waals surface area (Å²) in [5.41, 5.74) is -0.216. The second kappa shape index (κ2) is 6.74. The van der Waals surface area contributed by atoms with Crippen molar-refractivity contribution in [1.82, 2.24) is 15.0 Å². The van der Waals surface area contributed by atoms with Gasteiger partial charge in [-0.25, -0.2) is 4.39 Å². The Bertz CT molecular complexity index is 645. The van der Waals surface area contributed by atoms with Crippen LogP contribution >= 0.6 is 0 Å². The third-order valence-corrected chi connectivity index (χ3v) is 3.23. The van der Waals surface area contributed by atoms with Crippen molar-refractivity contribution in [2.45, 2.75) is 58.5 Å². The fourth-order valence-corrected chi connectivity index (χ4v) is 2.17. The van der Waals surface area contributed by atoms with Crippen molar-refractivity contribution in [3.05, 3.63) is 11.7 Å². The fourth-order valence-electron chi connectivity index (χ4n) is 2.17. The van der Waals surface area contributed by atoms with Crippen LogP contribution in [-0.4, -0.2) is 38.7 Å². The molecule has 9 heteroatoms. The Balaban J connectivity index is 2.48. The van der Waals surface area contributed by atoms with Gasteiger partial charge in [-0.05, 0) is 34.1 Å². The number of Topliss-reactive ketones (excluding diaryl/α,β-unsaturated/α-hetero) is 1. The topological polar surface area (TPSA) is 79.8 Å². The van der Waals surface area contributed by atoms with Gasteiger partial charge in [-0.3, -0.25) is 4.79 Å². The molecule has 1 heterocycles. The summed E-state index contributed by atoms with van der Waals surface area (Å²) >= 11 is 0. The molecule has 1 aliphatic carbocycles. The van der Waals surface area contributed by atoms with E-state index >= 15 is 0 Å². The largest absolute Gasteiger partial charge is 0.352 e. The zero-order chi connectivity index (χ0) is 18.1. The third-order valence-electron chi connectivity index (χ3n) is 3.23. The summed E-state index contributed by atoms with van der Waals surface area (Å²) in [6.07, 6.45) is -1.09. The monoisotopic (exact) mass is 343 g/mol. The SMILES string of the molecule is CC(C)Nc1nc(NC(C)C)nc(C2=C(F)C(=O)C(F)(F)CC2)n1. The highest BCUT2D eigenvalue weighted by atomic mass is 19.3. The number of hydrogen-bond donors (Lipinski definition) is 2.